The molecule has 0 aliphatic rings. The lowest BCUT2D eigenvalue weighted by molar-refractivity contribution is 0.437. The molecule has 3 rings (SSSR count). The summed E-state index contributed by atoms with van der Waals surface area (Å²) in [5.41, 5.74) is 1.02. The summed E-state index contributed by atoms with van der Waals surface area (Å²) in [7, 11) is 4.13. The van der Waals surface area contributed by atoms with Crippen molar-refractivity contribution in [1.29, 1.82) is 0 Å². The standard InChI is InChI=1S/C15H17N5S/c1-19(2)10-11-21-15-16-17-18-20(15)14-9-5-7-12-6-3-4-8-13(12)14/h3-9H,10-11H2,1-2H3. The fraction of sp³-hybridized carbons (Fsp3) is 0.267. The highest BCUT2D eigenvalue weighted by Gasteiger charge is 2.11. The summed E-state index contributed by atoms with van der Waals surface area (Å²) in [6.07, 6.45) is 0. The third-order valence-electron chi connectivity index (χ3n) is 3.21. The first kappa shape index (κ1) is 14.0. The van der Waals surface area contributed by atoms with Crippen molar-refractivity contribution in [3.63, 3.8) is 0 Å². The van der Waals surface area contributed by atoms with Gasteiger partial charge >= 0.3 is 0 Å². The van der Waals surface area contributed by atoms with Crippen molar-refractivity contribution in [2.24, 2.45) is 0 Å². The first-order chi connectivity index (χ1) is 10.3. The highest BCUT2D eigenvalue weighted by molar-refractivity contribution is 7.99. The predicted molar refractivity (Wildman–Crippen MR) is 85.9 cm³/mol. The van der Waals surface area contributed by atoms with E-state index in [-0.39, 0.29) is 0 Å². The number of nitrogens with zero attached hydrogens (tertiary/aromatic N) is 5. The Bertz CT molecular complexity index is 732. The summed E-state index contributed by atoms with van der Waals surface area (Å²) in [4.78, 5) is 2.15. The smallest absolute Gasteiger partial charge is 0.214 e. The van der Waals surface area contributed by atoms with E-state index < -0.39 is 0 Å². The maximum Gasteiger partial charge on any atom is 0.214 e. The number of rotatable bonds is 5. The van der Waals surface area contributed by atoms with Gasteiger partial charge in [0.25, 0.3) is 0 Å². The molecule has 0 atom stereocenters. The molecule has 0 saturated heterocycles. The number of fused-ring (bicyclic) bond motifs is 1. The van der Waals surface area contributed by atoms with Gasteiger partial charge in [-0.3, -0.25) is 0 Å². The molecule has 0 unspecified atom stereocenters. The molecule has 1 heterocycles. The molecule has 5 nitrogen and oxygen atoms in total. The van der Waals surface area contributed by atoms with E-state index in [1.165, 1.54) is 5.39 Å². The average Bonchev–Trinajstić information content (AvgIpc) is 2.94. The van der Waals surface area contributed by atoms with E-state index >= 15 is 0 Å². The average molecular weight is 299 g/mol. The van der Waals surface area contributed by atoms with Crippen molar-refractivity contribution < 1.29 is 0 Å². The predicted octanol–water partition coefficient (Wildman–Crippen LogP) is 2.47. The first-order valence-corrected chi connectivity index (χ1v) is 7.78. The van der Waals surface area contributed by atoms with Crippen LogP contribution in [0.5, 0.6) is 0 Å². The lowest BCUT2D eigenvalue weighted by Crippen LogP contribution is -2.15. The molecule has 0 fully saturated rings. The Hall–Kier alpha value is -1.92. The zero-order valence-corrected chi connectivity index (χ0v) is 12.9. The van der Waals surface area contributed by atoms with Crippen LogP contribution in [0.3, 0.4) is 0 Å². The van der Waals surface area contributed by atoms with Crippen molar-refractivity contribution in [1.82, 2.24) is 25.1 Å². The number of thioether (sulfide) groups is 1. The summed E-state index contributed by atoms with van der Waals surface area (Å²) in [6, 6.07) is 14.5. The zero-order valence-electron chi connectivity index (χ0n) is 12.1. The van der Waals surface area contributed by atoms with Crippen molar-refractivity contribution >= 4 is 22.5 Å². The third kappa shape index (κ3) is 3.06. The Labute approximate surface area is 127 Å². The highest BCUT2D eigenvalue weighted by atomic mass is 32.2. The Balaban J connectivity index is 1.94. The van der Waals surface area contributed by atoms with Crippen LogP contribution in [0.1, 0.15) is 0 Å². The van der Waals surface area contributed by atoms with E-state index in [2.05, 4.69) is 58.8 Å². The van der Waals surface area contributed by atoms with Crippen LogP contribution < -0.4 is 0 Å². The van der Waals surface area contributed by atoms with Crippen LogP contribution in [0.2, 0.25) is 0 Å². The lowest BCUT2D eigenvalue weighted by atomic mass is 10.1. The normalized spacial score (nSPS) is 11.4. The molecular weight excluding hydrogens is 282 g/mol. The molecule has 0 spiro atoms. The van der Waals surface area contributed by atoms with Gasteiger partial charge in [0, 0.05) is 17.7 Å². The Morgan fingerprint density at radius 2 is 1.90 bits per heavy atom. The number of hydrogen-bond acceptors (Lipinski definition) is 5. The van der Waals surface area contributed by atoms with Gasteiger partial charge < -0.3 is 4.90 Å². The molecule has 0 aliphatic heterocycles. The summed E-state index contributed by atoms with van der Waals surface area (Å²) in [5, 5.41) is 15.3. The van der Waals surface area contributed by atoms with E-state index in [0.717, 1.165) is 28.5 Å². The molecule has 2 aromatic carbocycles. The van der Waals surface area contributed by atoms with Gasteiger partial charge in [-0.15, -0.1) is 5.10 Å². The van der Waals surface area contributed by atoms with Crippen LogP contribution in [0, 0.1) is 0 Å². The molecule has 0 bridgehead atoms. The van der Waals surface area contributed by atoms with E-state index in [0.29, 0.717) is 0 Å². The van der Waals surface area contributed by atoms with Gasteiger partial charge in [-0.2, -0.15) is 4.68 Å². The molecule has 0 N–H and O–H groups in total. The van der Waals surface area contributed by atoms with E-state index in [1.807, 2.05) is 22.9 Å². The molecule has 0 saturated carbocycles. The van der Waals surface area contributed by atoms with Gasteiger partial charge in [0.2, 0.25) is 5.16 Å². The molecule has 6 heteroatoms. The Morgan fingerprint density at radius 1 is 1.10 bits per heavy atom. The fourth-order valence-electron chi connectivity index (χ4n) is 2.13. The quantitative estimate of drug-likeness (QED) is 0.677. The van der Waals surface area contributed by atoms with Gasteiger partial charge in [-0.05, 0) is 36.0 Å². The van der Waals surface area contributed by atoms with E-state index in [1.54, 1.807) is 11.8 Å². The maximum atomic E-state index is 4.16. The van der Waals surface area contributed by atoms with Crippen LogP contribution in [-0.4, -0.2) is 51.5 Å². The van der Waals surface area contributed by atoms with Crippen LogP contribution in [0.15, 0.2) is 47.6 Å². The topological polar surface area (TPSA) is 46.8 Å². The van der Waals surface area contributed by atoms with Crippen molar-refractivity contribution in [2.75, 3.05) is 26.4 Å². The van der Waals surface area contributed by atoms with Crippen LogP contribution in [0.4, 0.5) is 0 Å². The minimum absolute atomic E-state index is 0.827. The SMILES string of the molecule is CN(C)CCSc1nnnn1-c1cccc2ccccc12. The van der Waals surface area contributed by atoms with E-state index in [9.17, 15) is 0 Å². The second kappa shape index (κ2) is 6.24. The minimum atomic E-state index is 0.827. The first-order valence-electron chi connectivity index (χ1n) is 6.80. The van der Waals surface area contributed by atoms with Crippen molar-refractivity contribution in [2.45, 2.75) is 5.16 Å². The maximum absolute atomic E-state index is 4.16. The second-order valence-corrected chi connectivity index (χ2v) is 6.09. The summed E-state index contributed by atoms with van der Waals surface area (Å²) in [6.45, 7) is 0.993. The highest BCUT2D eigenvalue weighted by Crippen LogP contribution is 2.25. The van der Waals surface area contributed by atoms with Crippen LogP contribution in [0.25, 0.3) is 16.5 Å². The number of hydrogen-bond donors (Lipinski definition) is 0. The van der Waals surface area contributed by atoms with Gasteiger partial charge in [-0.1, -0.05) is 48.2 Å². The van der Waals surface area contributed by atoms with Crippen LogP contribution >= 0.6 is 11.8 Å². The number of tetrazole rings is 1. The van der Waals surface area contributed by atoms with Gasteiger partial charge in [-0.25, -0.2) is 0 Å². The summed E-state index contributed by atoms with van der Waals surface area (Å²) in [5.74, 6) is 0.956. The molecule has 0 aliphatic carbocycles. The second-order valence-electron chi connectivity index (χ2n) is 5.02. The monoisotopic (exact) mass is 299 g/mol. The molecular formula is C15H17N5S. The Morgan fingerprint density at radius 3 is 2.76 bits per heavy atom. The van der Waals surface area contributed by atoms with Gasteiger partial charge in [0.1, 0.15) is 0 Å². The molecule has 21 heavy (non-hydrogen) atoms. The molecule has 108 valence electrons. The summed E-state index contributed by atoms with van der Waals surface area (Å²) < 4.78 is 1.82. The van der Waals surface area contributed by atoms with E-state index in [4.69, 9.17) is 0 Å². The zero-order chi connectivity index (χ0) is 14.7. The van der Waals surface area contributed by atoms with Gasteiger partial charge in [0.15, 0.2) is 0 Å². The number of benzene rings is 2. The summed E-state index contributed by atoms with van der Waals surface area (Å²) >= 11 is 1.67. The number of aromatic nitrogens is 4. The van der Waals surface area contributed by atoms with Crippen LogP contribution in [-0.2, 0) is 0 Å². The molecule has 1 aromatic heterocycles. The molecule has 3 aromatic rings. The Kier molecular flexibility index (Phi) is 4.17. The van der Waals surface area contributed by atoms with Gasteiger partial charge in [0.05, 0.1) is 5.69 Å². The third-order valence-corrected chi connectivity index (χ3v) is 4.10. The fourth-order valence-corrected chi connectivity index (χ4v) is 3.12. The molecule has 0 radical (unpaired) electrons. The minimum Gasteiger partial charge on any atom is -0.309 e. The van der Waals surface area contributed by atoms with Crippen molar-refractivity contribution in [3.8, 4) is 5.69 Å². The lowest BCUT2D eigenvalue weighted by Gasteiger charge is -2.10. The van der Waals surface area contributed by atoms with Crippen molar-refractivity contribution in [3.05, 3.63) is 42.5 Å². The molecule has 0 amide bonds. The largest absolute Gasteiger partial charge is 0.309 e.